The van der Waals surface area contributed by atoms with Gasteiger partial charge in [-0.1, -0.05) is 71.8 Å². The highest BCUT2D eigenvalue weighted by molar-refractivity contribution is 6.06. The number of rotatable bonds is 8. The highest BCUT2D eigenvalue weighted by atomic mass is 16.5. The number of nitrogen functional groups attached to an aromatic ring is 1. The maximum atomic E-state index is 12.8. The van der Waals surface area contributed by atoms with E-state index in [4.69, 9.17) is 16.0 Å². The molecule has 0 aromatic heterocycles. The number of nitrogens with zero attached hydrogens (tertiary/aromatic N) is 3. The van der Waals surface area contributed by atoms with Crippen molar-refractivity contribution < 1.29 is 14.3 Å². The maximum absolute atomic E-state index is 12.8. The molecule has 0 unspecified atom stereocenters. The Kier molecular flexibility index (Phi) is 8.00. The minimum Gasteiger partial charge on any atom is -0.445 e. The van der Waals surface area contributed by atoms with Crippen molar-refractivity contribution in [3.63, 3.8) is 0 Å². The summed E-state index contributed by atoms with van der Waals surface area (Å²) in [5.74, 6) is -0.293. The SMILES string of the molecule is [N-]=[N+]=Nc1cccc(COC(=O)NCc2ccc(C(=O)Nc3cc(-c4ccccc4)ccc3N)cc2)c1. The number of hydrogen-bond donors (Lipinski definition) is 3. The fourth-order valence-electron chi connectivity index (χ4n) is 3.58. The van der Waals surface area contributed by atoms with Crippen LogP contribution in [0.3, 0.4) is 0 Å². The first-order valence-electron chi connectivity index (χ1n) is 11.4. The largest absolute Gasteiger partial charge is 0.445 e. The van der Waals surface area contributed by atoms with Crippen molar-refractivity contribution in [1.29, 1.82) is 0 Å². The third-order valence-electron chi connectivity index (χ3n) is 5.50. The second-order valence-electron chi connectivity index (χ2n) is 8.11. The van der Waals surface area contributed by atoms with E-state index in [-0.39, 0.29) is 19.1 Å². The number of carbonyl (C=O) groups excluding carboxylic acids is 2. The molecule has 9 nitrogen and oxygen atoms in total. The molecule has 0 aliphatic carbocycles. The van der Waals surface area contributed by atoms with Crippen molar-refractivity contribution in [2.45, 2.75) is 13.2 Å². The standard InChI is InChI=1S/C28H24N6O3/c29-25-14-13-23(21-6-2-1-3-7-21)16-26(25)32-27(35)22-11-9-19(10-12-22)17-31-28(36)37-18-20-5-4-8-24(15-20)33-34-30/h1-16H,17-18,29H2,(H,31,36)(H,32,35). The minimum atomic E-state index is -0.593. The molecular formula is C28H24N6O3. The zero-order valence-electron chi connectivity index (χ0n) is 19.8. The van der Waals surface area contributed by atoms with Crippen LogP contribution in [0.1, 0.15) is 21.5 Å². The molecule has 184 valence electrons. The van der Waals surface area contributed by atoms with E-state index in [0.717, 1.165) is 16.7 Å². The molecule has 37 heavy (non-hydrogen) atoms. The summed E-state index contributed by atoms with van der Waals surface area (Å²) < 4.78 is 5.20. The Bertz CT molecular complexity index is 1450. The van der Waals surface area contributed by atoms with E-state index in [9.17, 15) is 9.59 Å². The van der Waals surface area contributed by atoms with Crippen molar-refractivity contribution >= 4 is 29.1 Å². The maximum Gasteiger partial charge on any atom is 0.407 e. The van der Waals surface area contributed by atoms with Crippen LogP contribution in [0.4, 0.5) is 21.9 Å². The first-order valence-corrected chi connectivity index (χ1v) is 11.4. The Hall–Kier alpha value is -5.27. The molecule has 0 atom stereocenters. The summed E-state index contributed by atoms with van der Waals surface area (Å²) in [6.45, 7) is 0.264. The smallest absolute Gasteiger partial charge is 0.407 e. The lowest BCUT2D eigenvalue weighted by Gasteiger charge is -2.11. The van der Waals surface area contributed by atoms with Gasteiger partial charge >= 0.3 is 6.09 Å². The molecule has 0 spiro atoms. The van der Waals surface area contributed by atoms with Crippen molar-refractivity contribution in [3.8, 4) is 11.1 Å². The average molecular weight is 493 g/mol. The number of azide groups is 1. The van der Waals surface area contributed by atoms with Gasteiger partial charge in [-0.05, 0) is 58.1 Å². The number of hydrogen-bond acceptors (Lipinski definition) is 5. The van der Waals surface area contributed by atoms with Crippen LogP contribution in [0.5, 0.6) is 0 Å². The number of anilines is 2. The molecule has 0 aliphatic heterocycles. The van der Waals surface area contributed by atoms with Crippen LogP contribution in [-0.4, -0.2) is 12.0 Å². The van der Waals surface area contributed by atoms with E-state index in [0.29, 0.717) is 28.2 Å². The summed E-state index contributed by atoms with van der Waals surface area (Å²) in [4.78, 5) is 27.6. The molecule has 0 aliphatic rings. The molecule has 9 heteroatoms. The number of alkyl carbamates (subject to hydrolysis) is 1. The van der Waals surface area contributed by atoms with Crippen molar-refractivity contribution in [1.82, 2.24) is 5.32 Å². The Morgan fingerprint density at radius 3 is 2.41 bits per heavy atom. The van der Waals surface area contributed by atoms with Gasteiger partial charge < -0.3 is 21.1 Å². The lowest BCUT2D eigenvalue weighted by atomic mass is 10.0. The Morgan fingerprint density at radius 2 is 1.65 bits per heavy atom. The number of benzene rings is 4. The molecule has 4 rings (SSSR count). The topological polar surface area (TPSA) is 142 Å². The van der Waals surface area contributed by atoms with Gasteiger partial charge in [0.15, 0.2) is 0 Å². The molecule has 4 N–H and O–H groups in total. The van der Waals surface area contributed by atoms with E-state index in [2.05, 4.69) is 20.7 Å². The average Bonchev–Trinajstić information content (AvgIpc) is 2.93. The predicted octanol–water partition coefficient (Wildman–Crippen LogP) is 6.56. The molecule has 2 amide bonds. The summed E-state index contributed by atoms with van der Waals surface area (Å²) in [6.07, 6.45) is -0.593. The van der Waals surface area contributed by atoms with Crippen LogP contribution in [0.2, 0.25) is 0 Å². The molecular weight excluding hydrogens is 468 g/mol. The van der Waals surface area contributed by atoms with E-state index in [1.807, 2.05) is 42.5 Å². The zero-order chi connectivity index (χ0) is 26.0. The Labute approximate surface area is 213 Å². The Balaban J connectivity index is 1.30. The van der Waals surface area contributed by atoms with E-state index in [1.165, 1.54) is 0 Å². The second-order valence-corrected chi connectivity index (χ2v) is 8.11. The molecule has 4 aromatic carbocycles. The third kappa shape index (κ3) is 6.88. The van der Waals surface area contributed by atoms with Crippen LogP contribution in [0.25, 0.3) is 21.6 Å². The lowest BCUT2D eigenvalue weighted by Crippen LogP contribution is -2.23. The van der Waals surface area contributed by atoms with Crippen molar-refractivity contribution in [3.05, 3.63) is 124 Å². The Morgan fingerprint density at radius 1 is 0.865 bits per heavy atom. The molecule has 0 heterocycles. The number of ether oxygens (including phenoxy) is 1. The number of carbonyl (C=O) groups is 2. The molecule has 0 saturated carbocycles. The third-order valence-corrected chi connectivity index (χ3v) is 5.50. The number of nitrogens with two attached hydrogens (primary N) is 1. The summed E-state index contributed by atoms with van der Waals surface area (Å²) in [5, 5.41) is 9.06. The summed E-state index contributed by atoms with van der Waals surface area (Å²) in [5.41, 5.74) is 20.0. The van der Waals surface area contributed by atoms with Crippen LogP contribution >= 0.6 is 0 Å². The summed E-state index contributed by atoms with van der Waals surface area (Å²) in [7, 11) is 0. The normalized spacial score (nSPS) is 10.2. The van der Waals surface area contributed by atoms with Gasteiger partial charge in [0.2, 0.25) is 0 Å². The van der Waals surface area contributed by atoms with Gasteiger partial charge in [-0.3, -0.25) is 4.79 Å². The van der Waals surface area contributed by atoms with Crippen LogP contribution in [-0.2, 0) is 17.9 Å². The summed E-state index contributed by atoms with van der Waals surface area (Å²) in [6, 6.07) is 29.0. The van der Waals surface area contributed by atoms with E-state index >= 15 is 0 Å². The second kappa shape index (κ2) is 11.9. The monoisotopic (exact) mass is 492 g/mol. The molecule has 4 aromatic rings. The van der Waals surface area contributed by atoms with Gasteiger partial charge in [-0.15, -0.1) is 0 Å². The minimum absolute atomic E-state index is 0.0360. The van der Waals surface area contributed by atoms with Crippen molar-refractivity contribution in [2.24, 2.45) is 5.11 Å². The van der Waals surface area contributed by atoms with Crippen molar-refractivity contribution in [2.75, 3.05) is 11.1 Å². The van der Waals surface area contributed by atoms with Crippen LogP contribution in [0.15, 0.2) is 102 Å². The number of amides is 2. The van der Waals surface area contributed by atoms with E-state index in [1.54, 1.807) is 54.6 Å². The molecule has 0 radical (unpaired) electrons. The van der Waals surface area contributed by atoms with Gasteiger partial charge in [0.1, 0.15) is 6.61 Å². The zero-order valence-corrected chi connectivity index (χ0v) is 19.8. The summed E-state index contributed by atoms with van der Waals surface area (Å²) >= 11 is 0. The fraction of sp³-hybridized carbons (Fsp3) is 0.0714. The first-order chi connectivity index (χ1) is 18.0. The van der Waals surface area contributed by atoms with Crippen LogP contribution < -0.4 is 16.4 Å². The van der Waals surface area contributed by atoms with Gasteiger partial charge in [-0.2, -0.15) is 0 Å². The molecule has 0 bridgehead atoms. The first kappa shape index (κ1) is 24.8. The number of nitrogens with one attached hydrogen (secondary N) is 2. The molecule has 0 saturated heterocycles. The quantitative estimate of drug-likeness (QED) is 0.111. The van der Waals surface area contributed by atoms with Gasteiger partial charge in [0, 0.05) is 22.7 Å². The highest BCUT2D eigenvalue weighted by Crippen LogP contribution is 2.27. The van der Waals surface area contributed by atoms with Gasteiger partial charge in [-0.25, -0.2) is 4.79 Å². The predicted molar refractivity (Wildman–Crippen MR) is 143 cm³/mol. The fourth-order valence-corrected chi connectivity index (χ4v) is 3.58. The van der Waals surface area contributed by atoms with E-state index < -0.39 is 6.09 Å². The van der Waals surface area contributed by atoms with Crippen LogP contribution in [0, 0.1) is 0 Å². The van der Waals surface area contributed by atoms with Gasteiger partial charge in [0.05, 0.1) is 11.4 Å². The highest BCUT2D eigenvalue weighted by Gasteiger charge is 2.10. The van der Waals surface area contributed by atoms with Gasteiger partial charge in [0.25, 0.3) is 5.91 Å². The lowest BCUT2D eigenvalue weighted by molar-refractivity contribution is 0.102. The molecule has 0 fully saturated rings.